The highest BCUT2D eigenvalue weighted by Gasteiger charge is 2.43. The van der Waals surface area contributed by atoms with Gasteiger partial charge in [0.25, 0.3) is 0 Å². The number of carbonyl (C=O) groups is 1. The normalized spacial score (nSPS) is 17.2. The summed E-state index contributed by atoms with van der Waals surface area (Å²) in [7, 11) is 0. The predicted molar refractivity (Wildman–Crippen MR) is 68.7 cm³/mol. The van der Waals surface area contributed by atoms with E-state index in [1.807, 2.05) is 0 Å². The van der Waals surface area contributed by atoms with Crippen molar-refractivity contribution in [1.82, 2.24) is 4.90 Å². The van der Waals surface area contributed by atoms with Gasteiger partial charge in [0.2, 0.25) is 5.91 Å². The number of aliphatic hydroxyl groups is 1. The second-order valence-electron chi connectivity index (χ2n) is 4.79. The number of hydrogen-bond donors (Lipinski definition) is 2. The largest absolute Gasteiger partial charge is 0.395 e. The molecule has 94 valence electrons. The Balaban J connectivity index is 2.40. The van der Waals surface area contributed by atoms with Gasteiger partial charge in [0, 0.05) is 19.5 Å². The maximum atomic E-state index is 12.0. The quantitative estimate of drug-likeness (QED) is 0.639. The van der Waals surface area contributed by atoms with Crippen LogP contribution in [0.15, 0.2) is 0 Å². The summed E-state index contributed by atoms with van der Waals surface area (Å²) in [6.45, 7) is 3.42. The molecule has 1 fully saturated rings. The number of carbonyl (C=O) groups excluding carboxylic acids is 1. The Kier molecular flexibility index (Phi) is 5.62. The van der Waals surface area contributed by atoms with Gasteiger partial charge in [-0.1, -0.05) is 13.3 Å². The van der Waals surface area contributed by atoms with Crippen molar-refractivity contribution in [2.75, 3.05) is 25.4 Å². The molecule has 1 amide bonds. The number of amides is 1. The van der Waals surface area contributed by atoms with Gasteiger partial charge >= 0.3 is 0 Å². The molecule has 1 rings (SSSR count). The molecular formula is C12H23NO2S. The van der Waals surface area contributed by atoms with Crippen LogP contribution in [0.1, 0.15) is 39.0 Å². The van der Waals surface area contributed by atoms with Crippen LogP contribution >= 0.6 is 12.6 Å². The molecule has 0 bridgehead atoms. The Morgan fingerprint density at radius 3 is 2.56 bits per heavy atom. The molecule has 16 heavy (non-hydrogen) atoms. The van der Waals surface area contributed by atoms with Crippen molar-refractivity contribution in [3.63, 3.8) is 0 Å². The molecule has 3 nitrogen and oxygen atoms in total. The molecule has 4 heteroatoms. The molecule has 0 heterocycles. The molecule has 1 aliphatic carbocycles. The molecule has 0 aromatic carbocycles. The lowest BCUT2D eigenvalue weighted by atomic mass is 10.0. The van der Waals surface area contributed by atoms with E-state index in [2.05, 4.69) is 19.6 Å². The van der Waals surface area contributed by atoms with Crippen LogP contribution in [0.5, 0.6) is 0 Å². The van der Waals surface area contributed by atoms with Crippen LogP contribution in [0, 0.1) is 5.41 Å². The van der Waals surface area contributed by atoms with Crippen molar-refractivity contribution in [2.24, 2.45) is 5.41 Å². The lowest BCUT2D eigenvalue weighted by Gasteiger charge is -2.23. The summed E-state index contributed by atoms with van der Waals surface area (Å²) in [5, 5.41) is 8.95. The average molecular weight is 245 g/mol. The lowest BCUT2D eigenvalue weighted by Crippen LogP contribution is -2.36. The zero-order valence-corrected chi connectivity index (χ0v) is 11.0. The Bertz CT molecular complexity index is 229. The average Bonchev–Trinajstić information content (AvgIpc) is 3.04. The third-order valence-electron chi connectivity index (χ3n) is 3.32. The van der Waals surface area contributed by atoms with Gasteiger partial charge in [-0.05, 0) is 30.4 Å². The van der Waals surface area contributed by atoms with Gasteiger partial charge in [-0.2, -0.15) is 12.6 Å². The number of rotatable bonds is 8. The number of aliphatic hydroxyl groups excluding tert-OH is 1. The Morgan fingerprint density at radius 2 is 2.12 bits per heavy atom. The first-order valence-electron chi connectivity index (χ1n) is 6.17. The van der Waals surface area contributed by atoms with Crippen LogP contribution < -0.4 is 0 Å². The Labute approximate surface area is 104 Å². The smallest absolute Gasteiger partial charge is 0.223 e. The van der Waals surface area contributed by atoms with Crippen molar-refractivity contribution in [3.05, 3.63) is 0 Å². The van der Waals surface area contributed by atoms with E-state index in [0.29, 0.717) is 13.0 Å². The fraction of sp³-hybridized carbons (Fsp3) is 0.917. The summed E-state index contributed by atoms with van der Waals surface area (Å²) < 4.78 is 0. The number of nitrogens with zero attached hydrogens (tertiary/aromatic N) is 1. The van der Waals surface area contributed by atoms with E-state index >= 15 is 0 Å². The zero-order chi connectivity index (χ0) is 12.0. The van der Waals surface area contributed by atoms with E-state index in [1.54, 1.807) is 4.90 Å². The van der Waals surface area contributed by atoms with Gasteiger partial charge in [0.15, 0.2) is 0 Å². The molecule has 0 atom stereocenters. The van der Waals surface area contributed by atoms with Gasteiger partial charge in [0.05, 0.1) is 6.61 Å². The minimum Gasteiger partial charge on any atom is -0.395 e. The maximum Gasteiger partial charge on any atom is 0.223 e. The van der Waals surface area contributed by atoms with Crippen molar-refractivity contribution in [2.45, 2.75) is 39.0 Å². The van der Waals surface area contributed by atoms with E-state index in [9.17, 15) is 4.79 Å². The van der Waals surface area contributed by atoms with Crippen LogP contribution in [0.4, 0.5) is 0 Å². The van der Waals surface area contributed by atoms with Gasteiger partial charge in [0.1, 0.15) is 0 Å². The van der Waals surface area contributed by atoms with Crippen LogP contribution in [0.2, 0.25) is 0 Å². The molecule has 1 N–H and O–H groups in total. The third kappa shape index (κ3) is 3.98. The van der Waals surface area contributed by atoms with Gasteiger partial charge < -0.3 is 10.0 Å². The monoisotopic (exact) mass is 245 g/mol. The second-order valence-corrected chi connectivity index (χ2v) is 5.11. The molecule has 1 saturated carbocycles. The van der Waals surface area contributed by atoms with Crippen LogP contribution in [-0.2, 0) is 4.79 Å². The third-order valence-corrected chi connectivity index (χ3v) is 3.99. The Morgan fingerprint density at radius 1 is 1.44 bits per heavy atom. The summed E-state index contributed by atoms with van der Waals surface area (Å²) in [6.07, 6.45) is 4.96. The topological polar surface area (TPSA) is 40.5 Å². The summed E-state index contributed by atoms with van der Waals surface area (Å²) in [5.41, 5.74) is 0.181. The molecule has 0 aromatic heterocycles. The van der Waals surface area contributed by atoms with E-state index in [1.165, 1.54) is 0 Å². The fourth-order valence-electron chi connectivity index (χ4n) is 1.83. The van der Waals surface area contributed by atoms with Crippen molar-refractivity contribution < 1.29 is 9.90 Å². The molecule has 0 spiro atoms. The number of hydrogen-bond acceptors (Lipinski definition) is 3. The van der Waals surface area contributed by atoms with E-state index < -0.39 is 0 Å². The summed E-state index contributed by atoms with van der Waals surface area (Å²) in [6, 6.07) is 0. The molecule has 1 aliphatic rings. The SMILES string of the molecule is CCCCN(CCO)C(=O)CC1(CS)CC1. The standard InChI is InChI=1S/C12H23NO2S/c1-2-3-6-13(7-8-14)11(15)9-12(10-16)4-5-12/h14,16H,2-10H2,1H3. The first-order valence-corrected chi connectivity index (χ1v) is 6.80. The minimum absolute atomic E-state index is 0.0589. The summed E-state index contributed by atoms with van der Waals surface area (Å²) in [4.78, 5) is 13.8. The van der Waals surface area contributed by atoms with Crippen molar-refractivity contribution in [1.29, 1.82) is 0 Å². The lowest BCUT2D eigenvalue weighted by molar-refractivity contribution is -0.132. The maximum absolute atomic E-state index is 12.0. The van der Waals surface area contributed by atoms with Crippen molar-refractivity contribution >= 4 is 18.5 Å². The van der Waals surface area contributed by atoms with Gasteiger partial charge in [-0.3, -0.25) is 4.79 Å². The molecule has 0 radical (unpaired) electrons. The Hall–Kier alpha value is -0.220. The van der Waals surface area contributed by atoms with Crippen LogP contribution in [-0.4, -0.2) is 41.4 Å². The molecule has 0 aliphatic heterocycles. The number of thiol groups is 1. The minimum atomic E-state index is 0.0589. The van der Waals surface area contributed by atoms with Crippen LogP contribution in [0.3, 0.4) is 0 Å². The zero-order valence-electron chi connectivity index (χ0n) is 10.1. The van der Waals surface area contributed by atoms with E-state index in [0.717, 1.165) is 38.0 Å². The second kappa shape index (κ2) is 6.50. The van der Waals surface area contributed by atoms with Crippen LogP contribution in [0.25, 0.3) is 0 Å². The highest BCUT2D eigenvalue weighted by molar-refractivity contribution is 7.80. The summed E-state index contributed by atoms with van der Waals surface area (Å²) >= 11 is 4.31. The fourth-order valence-corrected chi connectivity index (χ4v) is 2.26. The first kappa shape index (κ1) is 13.8. The van der Waals surface area contributed by atoms with E-state index in [4.69, 9.17) is 5.11 Å². The number of unbranched alkanes of at least 4 members (excludes halogenated alkanes) is 1. The highest BCUT2D eigenvalue weighted by atomic mass is 32.1. The molecule has 0 aromatic rings. The molecule has 0 unspecified atom stereocenters. The highest BCUT2D eigenvalue weighted by Crippen LogP contribution is 2.49. The van der Waals surface area contributed by atoms with Gasteiger partial charge in [-0.25, -0.2) is 0 Å². The van der Waals surface area contributed by atoms with E-state index in [-0.39, 0.29) is 17.9 Å². The first-order chi connectivity index (χ1) is 7.67. The summed E-state index contributed by atoms with van der Waals surface area (Å²) in [5.74, 6) is 0.994. The predicted octanol–water partition coefficient (Wildman–Crippen LogP) is 1.71. The van der Waals surface area contributed by atoms with Crippen molar-refractivity contribution in [3.8, 4) is 0 Å². The molecular weight excluding hydrogens is 222 g/mol. The van der Waals surface area contributed by atoms with Gasteiger partial charge in [-0.15, -0.1) is 0 Å². The molecule has 0 saturated heterocycles.